The first-order valence-corrected chi connectivity index (χ1v) is 6.17. The summed E-state index contributed by atoms with van der Waals surface area (Å²) in [7, 11) is 0. The van der Waals surface area contributed by atoms with Crippen molar-refractivity contribution in [1.29, 1.82) is 0 Å². The van der Waals surface area contributed by atoms with Crippen LogP contribution < -0.4 is 11.3 Å². The van der Waals surface area contributed by atoms with Gasteiger partial charge in [-0.25, -0.2) is 4.98 Å². The van der Waals surface area contributed by atoms with Gasteiger partial charge >= 0.3 is 0 Å². The Hall–Kier alpha value is -1.75. The molecule has 17 heavy (non-hydrogen) atoms. The number of aryl methyl sites for hydroxylation is 1. The van der Waals surface area contributed by atoms with E-state index in [0.717, 1.165) is 4.90 Å². The van der Waals surface area contributed by atoms with E-state index in [1.54, 1.807) is 11.8 Å². The van der Waals surface area contributed by atoms with Crippen molar-refractivity contribution in [3.05, 3.63) is 51.9 Å². The number of nitrogen functional groups attached to an aromatic ring is 1. The van der Waals surface area contributed by atoms with E-state index in [1.165, 1.54) is 11.6 Å². The Kier molecular flexibility index (Phi) is 3.49. The standard InChI is InChI=1S/C12H13N3OS/c1-8-2-4-10(5-3-8)17-7-9-6-11(16)15-12(13)14-9/h2-6H,7H2,1H3,(H3,13,14,15,16). The molecule has 0 aliphatic heterocycles. The highest BCUT2D eigenvalue weighted by atomic mass is 32.2. The summed E-state index contributed by atoms with van der Waals surface area (Å²) in [5, 5.41) is 0. The molecule has 2 aromatic rings. The molecule has 0 spiro atoms. The first kappa shape index (κ1) is 11.7. The van der Waals surface area contributed by atoms with E-state index >= 15 is 0 Å². The number of aromatic amines is 1. The summed E-state index contributed by atoms with van der Waals surface area (Å²) < 4.78 is 0. The number of hydrogen-bond acceptors (Lipinski definition) is 4. The van der Waals surface area contributed by atoms with Crippen molar-refractivity contribution in [3.63, 3.8) is 0 Å². The van der Waals surface area contributed by atoms with Crippen LogP contribution in [0.3, 0.4) is 0 Å². The number of rotatable bonds is 3. The molecule has 0 aliphatic rings. The Labute approximate surface area is 103 Å². The quantitative estimate of drug-likeness (QED) is 0.813. The van der Waals surface area contributed by atoms with Crippen LogP contribution in [-0.4, -0.2) is 9.97 Å². The van der Waals surface area contributed by atoms with E-state index in [0.29, 0.717) is 11.4 Å². The van der Waals surface area contributed by atoms with Crippen molar-refractivity contribution in [2.75, 3.05) is 5.73 Å². The molecule has 1 heterocycles. The second-order valence-electron chi connectivity index (χ2n) is 3.72. The van der Waals surface area contributed by atoms with Crippen LogP contribution >= 0.6 is 11.8 Å². The third kappa shape index (κ3) is 3.35. The lowest BCUT2D eigenvalue weighted by Gasteiger charge is -2.02. The average molecular weight is 247 g/mol. The summed E-state index contributed by atoms with van der Waals surface area (Å²) in [4.78, 5) is 18.8. The van der Waals surface area contributed by atoms with Crippen LogP contribution in [0.2, 0.25) is 0 Å². The molecule has 0 unspecified atom stereocenters. The molecule has 0 aliphatic carbocycles. The fourth-order valence-electron chi connectivity index (χ4n) is 1.39. The molecule has 0 bridgehead atoms. The topological polar surface area (TPSA) is 71.8 Å². The SMILES string of the molecule is Cc1ccc(SCc2cc(=O)[nH]c(N)n2)cc1. The number of nitrogens with two attached hydrogens (primary N) is 1. The molecule has 0 atom stereocenters. The van der Waals surface area contributed by atoms with Crippen LogP contribution in [0.4, 0.5) is 5.95 Å². The number of benzene rings is 1. The number of aromatic nitrogens is 2. The number of thioether (sulfide) groups is 1. The summed E-state index contributed by atoms with van der Waals surface area (Å²) in [6.07, 6.45) is 0. The van der Waals surface area contributed by atoms with Gasteiger partial charge in [-0.05, 0) is 19.1 Å². The first-order valence-electron chi connectivity index (χ1n) is 5.19. The van der Waals surface area contributed by atoms with Gasteiger partial charge < -0.3 is 5.73 Å². The van der Waals surface area contributed by atoms with Crippen molar-refractivity contribution in [2.45, 2.75) is 17.6 Å². The van der Waals surface area contributed by atoms with E-state index in [1.807, 2.05) is 6.92 Å². The largest absolute Gasteiger partial charge is 0.369 e. The molecule has 0 saturated carbocycles. The summed E-state index contributed by atoms with van der Waals surface area (Å²) >= 11 is 1.63. The van der Waals surface area contributed by atoms with Crippen LogP contribution in [0.25, 0.3) is 0 Å². The summed E-state index contributed by atoms with van der Waals surface area (Å²) in [5.74, 6) is 0.800. The number of nitrogens with zero attached hydrogens (tertiary/aromatic N) is 1. The molecule has 2 rings (SSSR count). The van der Waals surface area contributed by atoms with E-state index in [2.05, 4.69) is 34.2 Å². The van der Waals surface area contributed by atoms with Gasteiger partial charge in [-0.1, -0.05) is 17.7 Å². The maximum absolute atomic E-state index is 11.2. The Balaban J connectivity index is 2.07. The van der Waals surface area contributed by atoms with Gasteiger partial charge in [0.25, 0.3) is 5.56 Å². The first-order chi connectivity index (χ1) is 8.13. The fraction of sp³-hybridized carbons (Fsp3) is 0.167. The highest BCUT2D eigenvalue weighted by molar-refractivity contribution is 7.98. The second kappa shape index (κ2) is 5.05. The molecule has 4 nitrogen and oxygen atoms in total. The molecule has 88 valence electrons. The third-order valence-electron chi connectivity index (χ3n) is 2.22. The maximum atomic E-state index is 11.2. The maximum Gasteiger partial charge on any atom is 0.252 e. The Bertz CT molecular complexity index is 563. The Morgan fingerprint density at radius 3 is 2.71 bits per heavy atom. The van der Waals surface area contributed by atoms with Crippen molar-refractivity contribution in [2.24, 2.45) is 0 Å². The van der Waals surface area contributed by atoms with Gasteiger partial charge in [0.15, 0.2) is 0 Å². The van der Waals surface area contributed by atoms with E-state index in [4.69, 9.17) is 5.73 Å². The molecule has 0 radical (unpaired) electrons. The number of H-pyrrole nitrogens is 1. The second-order valence-corrected chi connectivity index (χ2v) is 4.77. The monoisotopic (exact) mass is 247 g/mol. The smallest absolute Gasteiger partial charge is 0.252 e. The van der Waals surface area contributed by atoms with Gasteiger partial charge in [0.1, 0.15) is 0 Å². The van der Waals surface area contributed by atoms with Gasteiger partial charge in [-0.2, -0.15) is 0 Å². The van der Waals surface area contributed by atoms with Gasteiger partial charge in [-0.15, -0.1) is 11.8 Å². The normalized spacial score (nSPS) is 10.4. The highest BCUT2D eigenvalue weighted by Crippen LogP contribution is 2.21. The number of hydrogen-bond donors (Lipinski definition) is 2. The summed E-state index contributed by atoms with van der Waals surface area (Å²) in [6.45, 7) is 2.05. The van der Waals surface area contributed by atoms with Crippen molar-refractivity contribution >= 4 is 17.7 Å². The van der Waals surface area contributed by atoms with Crippen molar-refractivity contribution < 1.29 is 0 Å². The number of nitrogens with one attached hydrogen (secondary N) is 1. The van der Waals surface area contributed by atoms with Gasteiger partial charge in [-0.3, -0.25) is 9.78 Å². The zero-order valence-corrected chi connectivity index (χ0v) is 10.3. The summed E-state index contributed by atoms with van der Waals surface area (Å²) in [6, 6.07) is 9.69. The lowest BCUT2D eigenvalue weighted by atomic mass is 10.2. The minimum atomic E-state index is -0.211. The van der Waals surface area contributed by atoms with Crippen LogP contribution in [-0.2, 0) is 5.75 Å². The molecule has 0 amide bonds. The minimum Gasteiger partial charge on any atom is -0.369 e. The molecule has 1 aromatic carbocycles. The minimum absolute atomic E-state index is 0.164. The van der Waals surface area contributed by atoms with Crippen LogP contribution in [0.15, 0.2) is 40.0 Å². The zero-order valence-electron chi connectivity index (χ0n) is 9.43. The fourth-order valence-corrected chi connectivity index (χ4v) is 2.19. The van der Waals surface area contributed by atoms with Crippen molar-refractivity contribution in [1.82, 2.24) is 9.97 Å². The van der Waals surface area contributed by atoms with Crippen molar-refractivity contribution in [3.8, 4) is 0 Å². The molecule has 3 N–H and O–H groups in total. The third-order valence-corrected chi connectivity index (χ3v) is 3.27. The molecule has 0 fully saturated rings. The van der Waals surface area contributed by atoms with Gasteiger partial charge in [0.2, 0.25) is 5.95 Å². The van der Waals surface area contributed by atoms with Crippen LogP contribution in [0.5, 0.6) is 0 Å². The summed E-state index contributed by atoms with van der Waals surface area (Å²) in [5.41, 5.74) is 7.18. The van der Waals surface area contributed by atoms with Crippen LogP contribution in [0.1, 0.15) is 11.3 Å². The zero-order chi connectivity index (χ0) is 12.3. The lowest BCUT2D eigenvalue weighted by molar-refractivity contribution is 1.07. The van der Waals surface area contributed by atoms with Crippen LogP contribution in [0, 0.1) is 6.92 Å². The predicted molar refractivity (Wildman–Crippen MR) is 70.0 cm³/mol. The highest BCUT2D eigenvalue weighted by Gasteiger charge is 2.00. The van der Waals surface area contributed by atoms with E-state index in [-0.39, 0.29) is 11.5 Å². The predicted octanol–water partition coefficient (Wildman–Crippen LogP) is 1.95. The van der Waals surface area contributed by atoms with Gasteiger partial charge in [0.05, 0.1) is 5.69 Å². The van der Waals surface area contributed by atoms with E-state index in [9.17, 15) is 4.79 Å². The van der Waals surface area contributed by atoms with E-state index < -0.39 is 0 Å². The Morgan fingerprint density at radius 1 is 1.35 bits per heavy atom. The number of anilines is 1. The Morgan fingerprint density at radius 2 is 2.06 bits per heavy atom. The molecule has 0 saturated heterocycles. The molecular weight excluding hydrogens is 234 g/mol. The molecular formula is C12H13N3OS. The van der Waals surface area contributed by atoms with Gasteiger partial charge in [0, 0.05) is 16.7 Å². The molecule has 1 aromatic heterocycles. The average Bonchev–Trinajstić information content (AvgIpc) is 2.27. The lowest BCUT2D eigenvalue weighted by Crippen LogP contribution is -2.11. The molecule has 5 heteroatoms.